The number of nitrogens with zero attached hydrogens (tertiary/aromatic N) is 3. The summed E-state index contributed by atoms with van der Waals surface area (Å²) >= 11 is 0. The van der Waals surface area contributed by atoms with Crippen molar-refractivity contribution in [3.63, 3.8) is 0 Å². The highest BCUT2D eigenvalue weighted by Gasteiger charge is 2.29. The van der Waals surface area contributed by atoms with Gasteiger partial charge in [0.05, 0.1) is 0 Å². The topological polar surface area (TPSA) is 43.9 Å². The van der Waals surface area contributed by atoms with Gasteiger partial charge >= 0.3 is 0 Å². The highest BCUT2D eigenvalue weighted by molar-refractivity contribution is 5.86. The van der Waals surface area contributed by atoms with Gasteiger partial charge in [0.2, 0.25) is 5.91 Å². The average molecular weight is 338 g/mol. The van der Waals surface area contributed by atoms with Gasteiger partial charge in [0.15, 0.2) is 0 Å². The lowest BCUT2D eigenvalue weighted by molar-refractivity contribution is -0.135. The SMILES string of the molecule is CC(C)C(=O)CCC(=O)N1CCC(N2CCN(C(C)C)CC2)CC1. The van der Waals surface area contributed by atoms with E-state index in [1.54, 1.807) is 0 Å². The number of hydrogen-bond donors (Lipinski definition) is 0. The van der Waals surface area contributed by atoms with Crippen molar-refractivity contribution in [2.24, 2.45) is 5.92 Å². The average Bonchev–Trinajstić information content (AvgIpc) is 2.59. The molecule has 5 heteroatoms. The second-order valence-corrected chi connectivity index (χ2v) is 7.90. The first-order chi connectivity index (χ1) is 11.4. The van der Waals surface area contributed by atoms with Crippen LogP contribution >= 0.6 is 0 Å². The van der Waals surface area contributed by atoms with Gasteiger partial charge in [-0.05, 0) is 26.7 Å². The maximum Gasteiger partial charge on any atom is 0.223 e. The predicted octanol–water partition coefficient (Wildman–Crippen LogP) is 2.01. The van der Waals surface area contributed by atoms with E-state index >= 15 is 0 Å². The Labute approximate surface area is 147 Å². The van der Waals surface area contributed by atoms with Crippen LogP contribution in [-0.4, -0.2) is 77.7 Å². The van der Waals surface area contributed by atoms with Crippen LogP contribution in [0.5, 0.6) is 0 Å². The number of piperidine rings is 1. The number of likely N-dealkylation sites (tertiary alicyclic amines) is 1. The van der Waals surface area contributed by atoms with Gasteiger partial charge < -0.3 is 4.90 Å². The number of piperazine rings is 1. The molecule has 1 amide bonds. The van der Waals surface area contributed by atoms with Gasteiger partial charge in [0.25, 0.3) is 0 Å². The maximum atomic E-state index is 12.3. The molecule has 2 aliphatic rings. The van der Waals surface area contributed by atoms with Crippen molar-refractivity contribution in [1.29, 1.82) is 0 Å². The molecule has 24 heavy (non-hydrogen) atoms. The largest absolute Gasteiger partial charge is 0.343 e. The summed E-state index contributed by atoms with van der Waals surface area (Å²) in [5, 5.41) is 0. The van der Waals surface area contributed by atoms with E-state index in [-0.39, 0.29) is 17.6 Å². The highest BCUT2D eigenvalue weighted by Crippen LogP contribution is 2.20. The van der Waals surface area contributed by atoms with Gasteiger partial charge in [0.1, 0.15) is 5.78 Å². The Morgan fingerprint density at radius 1 is 0.875 bits per heavy atom. The van der Waals surface area contributed by atoms with Crippen molar-refractivity contribution < 1.29 is 9.59 Å². The third-order valence-corrected chi connectivity index (χ3v) is 5.64. The van der Waals surface area contributed by atoms with Gasteiger partial charge in [-0.15, -0.1) is 0 Å². The van der Waals surface area contributed by atoms with Crippen LogP contribution in [0.2, 0.25) is 0 Å². The summed E-state index contributed by atoms with van der Waals surface area (Å²) in [7, 11) is 0. The van der Waals surface area contributed by atoms with Crippen molar-refractivity contribution in [3.05, 3.63) is 0 Å². The zero-order valence-corrected chi connectivity index (χ0v) is 16.0. The summed E-state index contributed by atoms with van der Waals surface area (Å²) in [5.74, 6) is 0.390. The lowest BCUT2D eigenvalue weighted by Crippen LogP contribution is -2.54. The number of ketones is 1. The molecule has 2 rings (SSSR count). The molecule has 0 aromatic carbocycles. The van der Waals surface area contributed by atoms with Crippen LogP contribution in [-0.2, 0) is 9.59 Å². The Balaban J connectivity index is 1.70. The molecule has 0 aromatic heterocycles. The first kappa shape index (κ1) is 19.4. The van der Waals surface area contributed by atoms with Gasteiger partial charge in [-0.25, -0.2) is 0 Å². The fraction of sp³-hybridized carbons (Fsp3) is 0.895. The predicted molar refractivity (Wildman–Crippen MR) is 97.0 cm³/mol. The highest BCUT2D eigenvalue weighted by atomic mass is 16.2. The van der Waals surface area contributed by atoms with E-state index in [0.717, 1.165) is 52.1 Å². The normalized spacial score (nSPS) is 21.7. The van der Waals surface area contributed by atoms with Gasteiger partial charge in [-0.1, -0.05) is 13.8 Å². The molecule has 0 radical (unpaired) electrons. The Kier molecular flexibility index (Phi) is 7.23. The van der Waals surface area contributed by atoms with Crippen molar-refractivity contribution in [2.45, 2.75) is 65.5 Å². The quantitative estimate of drug-likeness (QED) is 0.744. The molecule has 0 saturated carbocycles. The molecule has 0 unspecified atom stereocenters. The number of Topliss-reactive ketones (excluding diaryl/α,β-unsaturated/α-hetero) is 1. The zero-order chi connectivity index (χ0) is 17.7. The fourth-order valence-corrected chi connectivity index (χ4v) is 3.78. The van der Waals surface area contributed by atoms with Crippen molar-refractivity contribution in [3.8, 4) is 0 Å². The van der Waals surface area contributed by atoms with Crippen LogP contribution in [0.15, 0.2) is 0 Å². The molecule has 0 aromatic rings. The number of carbonyl (C=O) groups is 2. The Hall–Kier alpha value is -0.940. The summed E-state index contributed by atoms with van der Waals surface area (Å²) in [5.41, 5.74) is 0. The summed E-state index contributed by atoms with van der Waals surface area (Å²) in [6.07, 6.45) is 2.93. The third-order valence-electron chi connectivity index (χ3n) is 5.64. The van der Waals surface area contributed by atoms with Crippen LogP contribution in [0, 0.1) is 5.92 Å². The molecule has 0 spiro atoms. The van der Waals surface area contributed by atoms with Gasteiger partial charge in [0, 0.05) is 70.1 Å². The molecule has 0 atom stereocenters. The second-order valence-electron chi connectivity index (χ2n) is 7.90. The molecule has 5 nitrogen and oxygen atoms in total. The number of rotatable bonds is 6. The summed E-state index contributed by atoms with van der Waals surface area (Å²) < 4.78 is 0. The first-order valence-electron chi connectivity index (χ1n) is 9.67. The van der Waals surface area contributed by atoms with Crippen LogP contribution in [0.4, 0.5) is 0 Å². The van der Waals surface area contributed by atoms with Gasteiger partial charge in [-0.3, -0.25) is 19.4 Å². The molecule has 0 aliphatic carbocycles. The molecule has 0 bridgehead atoms. The molecule has 2 fully saturated rings. The number of carbonyl (C=O) groups excluding carboxylic acids is 2. The van der Waals surface area contributed by atoms with Crippen molar-refractivity contribution in [2.75, 3.05) is 39.3 Å². The first-order valence-corrected chi connectivity index (χ1v) is 9.67. The zero-order valence-electron chi connectivity index (χ0n) is 16.0. The fourth-order valence-electron chi connectivity index (χ4n) is 3.78. The van der Waals surface area contributed by atoms with E-state index in [1.807, 2.05) is 18.7 Å². The molecule has 2 heterocycles. The molecule has 0 N–H and O–H groups in total. The molecule has 2 aliphatic heterocycles. The second kappa shape index (κ2) is 8.95. The van der Waals surface area contributed by atoms with Crippen LogP contribution in [0.3, 0.4) is 0 Å². The van der Waals surface area contributed by atoms with E-state index in [2.05, 4.69) is 23.6 Å². The number of hydrogen-bond acceptors (Lipinski definition) is 4. The Morgan fingerprint density at radius 2 is 1.46 bits per heavy atom. The van der Waals surface area contributed by atoms with E-state index in [1.165, 1.54) is 0 Å². The van der Waals surface area contributed by atoms with E-state index in [0.29, 0.717) is 24.9 Å². The smallest absolute Gasteiger partial charge is 0.223 e. The minimum absolute atomic E-state index is 0.0352. The summed E-state index contributed by atoms with van der Waals surface area (Å²) in [6.45, 7) is 14.7. The molecule has 138 valence electrons. The van der Waals surface area contributed by atoms with Crippen molar-refractivity contribution in [1.82, 2.24) is 14.7 Å². The van der Waals surface area contributed by atoms with E-state index in [9.17, 15) is 9.59 Å². The molecule has 2 saturated heterocycles. The maximum absolute atomic E-state index is 12.3. The lowest BCUT2D eigenvalue weighted by atomic mass is 10.0. The Morgan fingerprint density at radius 3 is 1.96 bits per heavy atom. The monoisotopic (exact) mass is 337 g/mol. The summed E-state index contributed by atoms with van der Waals surface area (Å²) in [6, 6.07) is 1.26. The summed E-state index contributed by atoms with van der Waals surface area (Å²) in [4.78, 5) is 31.1. The van der Waals surface area contributed by atoms with Crippen LogP contribution in [0.1, 0.15) is 53.4 Å². The van der Waals surface area contributed by atoms with Crippen LogP contribution < -0.4 is 0 Å². The van der Waals surface area contributed by atoms with E-state index in [4.69, 9.17) is 0 Å². The minimum atomic E-state index is 0.0352. The Bertz CT molecular complexity index is 420. The van der Waals surface area contributed by atoms with E-state index < -0.39 is 0 Å². The van der Waals surface area contributed by atoms with Gasteiger partial charge in [-0.2, -0.15) is 0 Å². The van der Waals surface area contributed by atoms with Crippen LogP contribution in [0.25, 0.3) is 0 Å². The number of amides is 1. The van der Waals surface area contributed by atoms with Crippen molar-refractivity contribution >= 4 is 11.7 Å². The molecular formula is C19H35N3O2. The molecular weight excluding hydrogens is 302 g/mol. The third kappa shape index (κ3) is 5.28. The lowest BCUT2D eigenvalue weighted by Gasteiger charge is -2.43. The standard InChI is InChI=1S/C19H35N3O2/c1-15(2)18(23)5-6-19(24)22-9-7-17(8-10-22)21-13-11-20(12-14-21)16(3)4/h15-17H,5-14H2,1-4H3. The minimum Gasteiger partial charge on any atom is -0.343 e.